The fraction of sp³-hybridized carbons (Fsp3) is 0.133. The third-order valence-electron chi connectivity index (χ3n) is 2.65. The molecule has 0 atom stereocenters. The van der Waals surface area contributed by atoms with Gasteiger partial charge in [0.2, 0.25) is 0 Å². The van der Waals surface area contributed by atoms with Crippen LogP contribution in [0.25, 0.3) is 0 Å². The number of benzene rings is 2. The molecule has 2 aromatic rings. The fourth-order valence-corrected chi connectivity index (χ4v) is 1.97. The van der Waals surface area contributed by atoms with Gasteiger partial charge in [-0.15, -0.1) is 0 Å². The molecule has 2 aromatic carbocycles. The van der Waals surface area contributed by atoms with Crippen molar-refractivity contribution in [2.24, 2.45) is 0 Å². The molecule has 0 aromatic heterocycles. The van der Waals surface area contributed by atoms with Crippen LogP contribution >= 0.6 is 15.9 Å². The van der Waals surface area contributed by atoms with E-state index in [9.17, 15) is 0 Å². The molecule has 0 spiro atoms. The first-order chi connectivity index (χ1) is 8.78. The predicted octanol–water partition coefficient (Wildman–Crippen LogP) is 3.98. The maximum atomic E-state index is 8.81. The van der Waals surface area contributed by atoms with Gasteiger partial charge in [0, 0.05) is 16.7 Å². The Bertz CT molecular complexity index is 555. The number of nitriles is 1. The summed E-state index contributed by atoms with van der Waals surface area (Å²) < 4.78 is 1.10. The first-order valence-corrected chi connectivity index (χ1v) is 6.56. The molecule has 0 radical (unpaired) electrons. The maximum Gasteiger partial charge on any atom is 0.0992 e. The molecule has 0 amide bonds. The normalized spacial score (nSPS) is 9.78. The molecule has 0 unspecified atom stereocenters. The minimum atomic E-state index is 0.684. The Balaban J connectivity index is 1.88. The minimum absolute atomic E-state index is 0.684. The SMILES string of the molecule is N#Cc1cccc(NCCc2ccc(Br)cc2)c1. The van der Waals surface area contributed by atoms with Gasteiger partial charge in [-0.05, 0) is 42.3 Å². The Hall–Kier alpha value is -1.79. The van der Waals surface area contributed by atoms with Crippen molar-refractivity contribution in [3.63, 3.8) is 0 Å². The third kappa shape index (κ3) is 3.61. The highest BCUT2D eigenvalue weighted by Gasteiger charge is 1.96. The molecule has 0 aliphatic rings. The molecule has 0 heterocycles. The molecule has 0 aliphatic carbocycles. The van der Waals surface area contributed by atoms with Crippen LogP contribution in [0.3, 0.4) is 0 Å². The van der Waals surface area contributed by atoms with Gasteiger partial charge in [0.05, 0.1) is 11.6 Å². The summed E-state index contributed by atoms with van der Waals surface area (Å²) >= 11 is 3.42. The highest BCUT2D eigenvalue weighted by Crippen LogP contribution is 2.12. The number of nitrogens with zero attached hydrogens (tertiary/aromatic N) is 1. The molecule has 0 saturated heterocycles. The number of anilines is 1. The van der Waals surface area contributed by atoms with Gasteiger partial charge in [0.1, 0.15) is 0 Å². The van der Waals surface area contributed by atoms with Gasteiger partial charge in [-0.25, -0.2) is 0 Å². The molecular weight excluding hydrogens is 288 g/mol. The quantitative estimate of drug-likeness (QED) is 0.927. The summed E-state index contributed by atoms with van der Waals surface area (Å²) in [4.78, 5) is 0. The predicted molar refractivity (Wildman–Crippen MR) is 77.5 cm³/mol. The van der Waals surface area contributed by atoms with E-state index >= 15 is 0 Å². The van der Waals surface area contributed by atoms with E-state index in [4.69, 9.17) is 5.26 Å². The van der Waals surface area contributed by atoms with E-state index in [2.05, 4.69) is 39.4 Å². The van der Waals surface area contributed by atoms with Crippen molar-refractivity contribution in [3.05, 3.63) is 64.1 Å². The summed E-state index contributed by atoms with van der Waals surface area (Å²) in [7, 11) is 0. The second-order valence-electron chi connectivity index (χ2n) is 4.00. The Morgan fingerprint density at radius 1 is 1.11 bits per heavy atom. The van der Waals surface area contributed by atoms with E-state index in [1.165, 1.54) is 5.56 Å². The van der Waals surface area contributed by atoms with Gasteiger partial charge in [-0.2, -0.15) is 5.26 Å². The first-order valence-electron chi connectivity index (χ1n) is 5.76. The number of hydrogen-bond acceptors (Lipinski definition) is 2. The van der Waals surface area contributed by atoms with Crippen LogP contribution in [0, 0.1) is 11.3 Å². The van der Waals surface area contributed by atoms with Gasteiger partial charge in [0.15, 0.2) is 0 Å². The van der Waals surface area contributed by atoms with E-state index < -0.39 is 0 Å². The van der Waals surface area contributed by atoms with Gasteiger partial charge in [-0.3, -0.25) is 0 Å². The molecule has 0 saturated carbocycles. The van der Waals surface area contributed by atoms with E-state index in [1.54, 1.807) is 6.07 Å². The molecular formula is C15H13BrN2. The average molecular weight is 301 g/mol. The number of halogens is 1. The lowest BCUT2D eigenvalue weighted by Gasteiger charge is -2.06. The molecule has 0 aliphatic heterocycles. The Labute approximate surface area is 115 Å². The smallest absolute Gasteiger partial charge is 0.0992 e. The molecule has 2 rings (SSSR count). The standard InChI is InChI=1S/C15H13BrN2/c16-14-6-4-12(5-7-14)8-9-18-15-3-1-2-13(10-15)11-17/h1-7,10,18H,8-9H2. The minimum Gasteiger partial charge on any atom is -0.385 e. The zero-order valence-corrected chi connectivity index (χ0v) is 11.4. The van der Waals surface area contributed by atoms with Crippen molar-refractivity contribution in [1.29, 1.82) is 5.26 Å². The van der Waals surface area contributed by atoms with Crippen LogP contribution in [0.1, 0.15) is 11.1 Å². The lowest BCUT2D eigenvalue weighted by atomic mass is 10.1. The van der Waals surface area contributed by atoms with Crippen molar-refractivity contribution in [2.75, 3.05) is 11.9 Å². The Morgan fingerprint density at radius 2 is 1.89 bits per heavy atom. The largest absolute Gasteiger partial charge is 0.385 e. The van der Waals surface area contributed by atoms with Gasteiger partial charge < -0.3 is 5.32 Å². The summed E-state index contributed by atoms with van der Waals surface area (Å²) in [5.74, 6) is 0. The van der Waals surface area contributed by atoms with E-state index in [0.29, 0.717) is 5.56 Å². The summed E-state index contributed by atoms with van der Waals surface area (Å²) in [6.07, 6.45) is 0.962. The molecule has 3 heteroatoms. The molecule has 0 bridgehead atoms. The summed E-state index contributed by atoms with van der Waals surface area (Å²) in [6, 6.07) is 18.0. The van der Waals surface area contributed by atoms with Crippen molar-refractivity contribution in [3.8, 4) is 6.07 Å². The molecule has 18 heavy (non-hydrogen) atoms. The van der Waals surface area contributed by atoms with Gasteiger partial charge in [-0.1, -0.05) is 34.1 Å². The van der Waals surface area contributed by atoms with Crippen LogP contribution in [-0.2, 0) is 6.42 Å². The highest BCUT2D eigenvalue weighted by atomic mass is 79.9. The zero-order valence-electron chi connectivity index (χ0n) is 9.86. The number of nitrogens with one attached hydrogen (secondary N) is 1. The Kier molecular flexibility index (Phi) is 4.38. The van der Waals surface area contributed by atoms with E-state index in [1.807, 2.05) is 30.3 Å². The number of rotatable bonds is 4. The second-order valence-corrected chi connectivity index (χ2v) is 4.91. The van der Waals surface area contributed by atoms with Crippen LogP contribution in [0.15, 0.2) is 53.0 Å². The van der Waals surface area contributed by atoms with Crippen LogP contribution < -0.4 is 5.32 Å². The lowest BCUT2D eigenvalue weighted by Crippen LogP contribution is -2.04. The third-order valence-corrected chi connectivity index (χ3v) is 3.18. The van der Waals surface area contributed by atoms with Crippen molar-refractivity contribution < 1.29 is 0 Å². The summed E-state index contributed by atoms with van der Waals surface area (Å²) in [5.41, 5.74) is 2.97. The average Bonchev–Trinajstić information content (AvgIpc) is 2.41. The van der Waals surface area contributed by atoms with E-state index in [-0.39, 0.29) is 0 Å². The first kappa shape index (κ1) is 12.7. The lowest BCUT2D eigenvalue weighted by molar-refractivity contribution is 1.02. The maximum absolute atomic E-state index is 8.81. The van der Waals surface area contributed by atoms with Crippen LogP contribution in [0.4, 0.5) is 5.69 Å². The van der Waals surface area contributed by atoms with Crippen LogP contribution in [-0.4, -0.2) is 6.54 Å². The summed E-state index contributed by atoms with van der Waals surface area (Å²) in [5, 5.41) is 12.1. The topological polar surface area (TPSA) is 35.8 Å². The Morgan fingerprint density at radius 3 is 2.61 bits per heavy atom. The molecule has 90 valence electrons. The summed E-state index contributed by atoms with van der Waals surface area (Å²) in [6.45, 7) is 0.858. The molecule has 0 fully saturated rings. The van der Waals surface area contributed by atoms with Crippen LogP contribution in [0.2, 0.25) is 0 Å². The second kappa shape index (κ2) is 6.23. The highest BCUT2D eigenvalue weighted by molar-refractivity contribution is 9.10. The van der Waals surface area contributed by atoms with Crippen molar-refractivity contribution in [2.45, 2.75) is 6.42 Å². The van der Waals surface area contributed by atoms with Crippen LogP contribution in [0.5, 0.6) is 0 Å². The fourth-order valence-electron chi connectivity index (χ4n) is 1.70. The monoisotopic (exact) mass is 300 g/mol. The van der Waals surface area contributed by atoms with Crippen molar-refractivity contribution >= 4 is 21.6 Å². The zero-order chi connectivity index (χ0) is 12.8. The number of hydrogen-bond donors (Lipinski definition) is 1. The molecule has 1 N–H and O–H groups in total. The van der Waals surface area contributed by atoms with Gasteiger partial charge in [0.25, 0.3) is 0 Å². The molecule has 2 nitrogen and oxygen atoms in total. The van der Waals surface area contributed by atoms with Gasteiger partial charge >= 0.3 is 0 Å². The van der Waals surface area contributed by atoms with Crippen molar-refractivity contribution in [1.82, 2.24) is 0 Å². The van der Waals surface area contributed by atoms with E-state index in [0.717, 1.165) is 23.1 Å².